The number of carbonyl (C=O) groups is 1. The fourth-order valence-electron chi connectivity index (χ4n) is 3.14. The van der Waals surface area contributed by atoms with Crippen LogP contribution in [0, 0.1) is 0 Å². The second-order valence-corrected chi connectivity index (χ2v) is 9.03. The van der Waals surface area contributed by atoms with Crippen LogP contribution in [0.2, 0.25) is 5.02 Å². The van der Waals surface area contributed by atoms with Crippen molar-refractivity contribution in [2.24, 2.45) is 5.14 Å². The standard InChI is InChI=1S/C23H19ClN4O4S/c24-20-4-2-1-3-16(20)13-23(29)27-17-5-10-21(22(14-17)33(25,30)31)32-19-8-6-18(7-9-19)28-12-11-26-15-28/h1-12,14-15H,13H2,(H,27,29)(H2,25,30,31). The van der Waals surface area contributed by atoms with E-state index in [9.17, 15) is 13.2 Å². The van der Waals surface area contributed by atoms with Crippen molar-refractivity contribution in [2.45, 2.75) is 11.3 Å². The van der Waals surface area contributed by atoms with Gasteiger partial charge in [-0.1, -0.05) is 29.8 Å². The van der Waals surface area contributed by atoms with Crippen molar-refractivity contribution in [3.05, 3.63) is 96.0 Å². The fraction of sp³-hybridized carbons (Fsp3) is 0.0435. The Morgan fingerprint density at radius 1 is 1.09 bits per heavy atom. The van der Waals surface area contributed by atoms with Crippen LogP contribution in [0.5, 0.6) is 11.5 Å². The van der Waals surface area contributed by atoms with E-state index < -0.39 is 10.0 Å². The Bertz CT molecular complexity index is 1390. The molecular formula is C23H19ClN4O4S. The van der Waals surface area contributed by atoms with E-state index in [-0.39, 0.29) is 28.7 Å². The van der Waals surface area contributed by atoms with Crippen molar-refractivity contribution < 1.29 is 17.9 Å². The van der Waals surface area contributed by atoms with Crippen LogP contribution in [0.4, 0.5) is 5.69 Å². The summed E-state index contributed by atoms with van der Waals surface area (Å²) in [5.41, 5.74) is 1.78. The molecule has 0 spiro atoms. The lowest BCUT2D eigenvalue weighted by Gasteiger charge is -2.13. The highest BCUT2D eigenvalue weighted by Crippen LogP contribution is 2.31. The topological polar surface area (TPSA) is 116 Å². The maximum Gasteiger partial charge on any atom is 0.241 e. The molecule has 0 atom stereocenters. The van der Waals surface area contributed by atoms with Crippen LogP contribution < -0.4 is 15.2 Å². The van der Waals surface area contributed by atoms with Crippen molar-refractivity contribution in [2.75, 3.05) is 5.32 Å². The quantitative estimate of drug-likeness (QED) is 0.410. The van der Waals surface area contributed by atoms with Gasteiger partial charge in [-0.25, -0.2) is 18.5 Å². The number of anilines is 1. The maximum absolute atomic E-state index is 12.4. The first-order chi connectivity index (χ1) is 15.8. The Morgan fingerprint density at radius 3 is 2.52 bits per heavy atom. The number of primary sulfonamides is 1. The number of nitrogens with zero attached hydrogens (tertiary/aromatic N) is 2. The summed E-state index contributed by atoms with van der Waals surface area (Å²) in [7, 11) is -4.13. The van der Waals surface area contributed by atoms with Crippen molar-refractivity contribution in [3.8, 4) is 17.2 Å². The first-order valence-corrected chi connectivity index (χ1v) is 11.7. The van der Waals surface area contributed by atoms with Gasteiger partial charge >= 0.3 is 0 Å². The van der Waals surface area contributed by atoms with E-state index in [4.69, 9.17) is 21.5 Å². The van der Waals surface area contributed by atoms with E-state index in [2.05, 4.69) is 10.3 Å². The third kappa shape index (κ3) is 5.58. The molecule has 0 saturated heterocycles. The average molecular weight is 483 g/mol. The van der Waals surface area contributed by atoms with Gasteiger partial charge in [-0.2, -0.15) is 0 Å². The van der Waals surface area contributed by atoms with E-state index in [1.165, 1.54) is 18.2 Å². The molecule has 10 heteroatoms. The number of sulfonamides is 1. The maximum atomic E-state index is 12.4. The van der Waals surface area contributed by atoms with Gasteiger partial charge in [0.05, 0.1) is 12.7 Å². The Morgan fingerprint density at radius 2 is 1.85 bits per heavy atom. The van der Waals surface area contributed by atoms with Crippen LogP contribution in [0.25, 0.3) is 5.69 Å². The van der Waals surface area contributed by atoms with Crippen molar-refractivity contribution in [1.82, 2.24) is 9.55 Å². The molecule has 0 unspecified atom stereocenters. The predicted molar refractivity (Wildman–Crippen MR) is 125 cm³/mol. The van der Waals surface area contributed by atoms with Crippen LogP contribution in [-0.2, 0) is 21.2 Å². The molecule has 0 aliphatic rings. The molecule has 4 rings (SSSR count). The van der Waals surface area contributed by atoms with E-state index in [0.717, 1.165) is 5.69 Å². The normalized spacial score (nSPS) is 11.2. The van der Waals surface area contributed by atoms with Gasteiger partial charge in [-0.05, 0) is 54.1 Å². The number of hydrogen-bond donors (Lipinski definition) is 2. The minimum absolute atomic E-state index is 0.0336. The molecule has 0 bridgehead atoms. The van der Waals surface area contributed by atoms with Gasteiger partial charge in [0.2, 0.25) is 15.9 Å². The summed E-state index contributed by atoms with van der Waals surface area (Å²) in [6, 6.07) is 18.2. The SMILES string of the molecule is NS(=O)(=O)c1cc(NC(=O)Cc2ccccc2Cl)ccc1Oc1ccc(-n2ccnc2)cc1. The molecule has 0 radical (unpaired) electrons. The summed E-state index contributed by atoms with van der Waals surface area (Å²) in [5, 5.41) is 8.53. The number of carbonyl (C=O) groups excluding carboxylic acids is 1. The minimum atomic E-state index is -4.13. The molecule has 8 nitrogen and oxygen atoms in total. The van der Waals surface area contributed by atoms with Crippen LogP contribution in [0.3, 0.4) is 0 Å². The number of nitrogens with one attached hydrogen (secondary N) is 1. The van der Waals surface area contributed by atoms with Crippen molar-refractivity contribution >= 4 is 33.2 Å². The second-order valence-electron chi connectivity index (χ2n) is 7.09. The third-order valence-corrected chi connectivity index (χ3v) is 6.01. The van der Waals surface area contributed by atoms with E-state index >= 15 is 0 Å². The number of benzene rings is 3. The molecule has 0 saturated carbocycles. The zero-order chi connectivity index (χ0) is 23.4. The predicted octanol–water partition coefficient (Wildman–Crippen LogP) is 4.15. The number of hydrogen-bond acceptors (Lipinski definition) is 5. The second kappa shape index (κ2) is 9.45. The number of imidazole rings is 1. The molecule has 3 N–H and O–H groups in total. The molecule has 0 fully saturated rings. The number of amides is 1. The third-order valence-electron chi connectivity index (χ3n) is 4.71. The number of halogens is 1. The number of rotatable bonds is 7. The molecule has 3 aromatic carbocycles. The molecule has 1 aromatic heterocycles. The van der Waals surface area contributed by atoms with E-state index in [1.807, 2.05) is 4.57 Å². The lowest BCUT2D eigenvalue weighted by atomic mass is 10.1. The van der Waals surface area contributed by atoms with Crippen molar-refractivity contribution in [1.29, 1.82) is 0 Å². The molecule has 1 heterocycles. The first-order valence-electron chi connectivity index (χ1n) is 9.76. The summed E-state index contributed by atoms with van der Waals surface area (Å²) in [4.78, 5) is 16.2. The van der Waals surface area contributed by atoms with Crippen molar-refractivity contribution in [3.63, 3.8) is 0 Å². The van der Waals surface area contributed by atoms with Gasteiger partial charge in [-0.15, -0.1) is 0 Å². The molecule has 33 heavy (non-hydrogen) atoms. The Kier molecular flexibility index (Phi) is 6.45. The number of nitrogens with two attached hydrogens (primary N) is 1. The van der Waals surface area contributed by atoms with Crippen LogP contribution in [0.15, 0.2) is 90.3 Å². The monoisotopic (exact) mass is 482 g/mol. The van der Waals surface area contributed by atoms with Crippen LogP contribution in [0.1, 0.15) is 5.56 Å². The summed E-state index contributed by atoms with van der Waals surface area (Å²) in [6.07, 6.45) is 5.16. The van der Waals surface area contributed by atoms with Gasteiger partial charge in [0, 0.05) is 28.8 Å². The van der Waals surface area contributed by atoms with Crippen LogP contribution >= 0.6 is 11.6 Å². The lowest BCUT2D eigenvalue weighted by molar-refractivity contribution is -0.115. The Balaban J connectivity index is 1.53. The molecule has 4 aromatic rings. The van der Waals surface area contributed by atoms with E-state index in [0.29, 0.717) is 16.3 Å². The number of ether oxygens (including phenoxy) is 1. The largest absolute Gasteiger partial charge is 0.456 e. The molecule has 168 valence electrons. The highest BCUT2D eigenvalue weighted by molar-refractivity contribution is 7.89. The summed E-state index contributed by atoms with van der Waals surface area (Å²) >= 11 is 6.10. The Hall–Kier alpha value is -3.66. The van der Waals surface area contributed by atoms with Gasteiger partial charge in [-0.3, -0.25) is 4.79 Å². The molecule has 0 aliphatic heterocycles. The lowest BCUT2D eigenvalue weighted by Crippen LogP contribution is -2.17. The minimum Gasteiger partial charge on any atom is -0.456 e. The zero-order valence-corrected chi connectivity index (χ0v) is 18.8. The van der Waals surface area contributed by atoms with Crippen LogP contribution in [-0.4, -0.2) is 23.9 Å². The van der Waals surface area contributed by atoms with Gasteiger partial charge in [0.25, 0.3) is 0 Å². The molecule has 0 aliphatic carbocycles. The fourth-order valence-corrected chi connectivity index (χ4v) is 4.02. The van der Waals surface area contributed by atoms with Gasteiger partial charge < -0.3 is 14.6 Å². The van der Waals surface area contributed by atoms with Gasteiger partial charge in [0.1, 0.15) is 16.4 Å². The number of aromatic nitrogens is 2. The summed E-state index contributed by atoms with van der Waals surface area (Å²) in [6.45, 7) is 0. The average Bonchev–Trinajstić information content (AvgIpc) is 3.31. The molecular weight excluding hydrogens is 464 g/mol. The zero-order valence-electron chi connectivity index (χ0n) is 17.2. The smallest absolute Gasteiger partial charge is 0.241 e. The highest BCUT2D eigenvalue weighted by atomic mass is 35.5. The first kappa shape index (κ1) is 22.5. The van der Waals surface area contributed by atoms with E-state index in [1.54, 1.807) is 67.3 Å². The Labute approximate surface area is 195 Å². The summed E-state index contributed by atoms with van der Waals surface area (Å²) in [5.74, 6) is 0.100. The molecule has 1 amide bonds. The summed E-state index contributed by atoms with van der Waals surface area (Å²) < 4.78 is 32.0. The highest BCUT2D eigenvalue weighted by Gasteiger charge is 2.18. The van der Waals surface area contributed by atoms with Gasteiger partial charge in [0.15, 0.2) is 0 Å².